The lowest BCUT2D eigenvalue weighted by Gasteiger charge is -2.45. The maximum atomic E-state index is 12.9. The summed E-state index contributed by atoms with van der Waals surface area (Å²) < 4.78 is 0. The number of Topliss-reactive ketones (excluding diaryl/α,β-unsaturated/α-hetero) is 1. The van der Waals surface area contributed by atoms with Crippen LogP contribution in [-0.2, 0) is 4.79 Å². The number of carbonyl (C=O) groups is 1. The molecule has 0 amide bonds. The number of aliphatic hydroxyl groups is 1. The zero-order chi connectivity index (χ0) is 16.6. The zero-order valence-corrected chi connectivity index (χ0v) is 15.7. The number of rotatable bonds is 3. The third kappa shape index (κ3) is 3.18. The number of ketones is 1. The number of carbonyl (C=O) groups excluding carboxylic acids is 1. The standard InChI is InChI=1S/C20H30O2Si/c1-14-12-18(22)20(16-10-7-11-17(16)21)19(13-14)23(2,3)15-8-5-4-6-9-15/h4-6,8-9,14,16-17,19-21H,7,10-13H2,1-3H3/t14-,16+,17+,19+,20-/m0/s1. The van der Waals surface area contributed by atoms with Gasteiger partial charge in [-0.2, -0.15) is 0 Å². The minimum absolute atomic E-state index is 0.0885. The molecule has 0 heterocycles. The average Bonchev–Trinajstić information content (AvgIpc) is 2.93. The summed E-state index contributed by atoms with van der Waals surface area (Å²) in [5.41, 5.74) is 0.457. The van der Waals surface area contributed by atoms with Crippen LogP contribution in [0.15, 0.2) is 30.3 Å². The van der Waals surface area contributed by atoms with Gasteiger partial charge in [-0.05, 0) is 36.6 Å². The van der Waals surface area contributed by atoms with E-state index in [2.05, 4.69) is 50.3 Å². The van der Waals surface area contributed by atoms with Gasteiger partial charge < -0.3 is 5.11 Å². The van der Waals surface area contributed by atoms with Crippen LogP contribution in [0.1, 0.15) is 39.0 Å². The predicted molar refractivity (Wildman–Crippen MR) is 97.6 cm³/mol. The molecule has 3 heteroatoms. The monoisotopic (exact) mass is 330 g/mol. The van der Waals surface area contributed by atoms with E-state index in [1.165, 1.54) is 5.19 Å². The van der Waals surface area contributed by atoms with E-state index in [0.29, 0.717) is 23.7 Å². The Balaban J connectivity index is 1.96. The number of aliphatic hydroxyl groups excluding tert-OH is 1. The van der Waals surface area contributed by atoms with E-state index in [0.717, 1.165) is 25.7 Å². The van der Waals surface area contributed by atoms with Gasteiger partial charge in [0.05, 0.1) is 14.2 Å². The molecule has 0 saturated heterocycles. The molecule has 2 aliphatic rings. The van der Waals surface area contributed by atoms with Crippen molar-refractivity contribution in [1.29, 1.82) is 0 Å². The van der Waals surface area contributed by atoms with E-state index in [1.807, 2.05) is 0 Å². The summed E-state index contributed by atoms with van der Waals surface area (Å²) in [4.78, 5) is 12.9. The molecule has 0 spiro atoms. The Hall–Kier alpha value is -0.933. The molecule has 0 radical (unpaired) electrons. The summed E-state index contributed by atoms with van der Waals surface area (Å²) in [6.07, 6.45) is 4.58. The van der Waals surface area contributed by atoms with Crippen LogP contribution < -0.4 is 5.19 Å². The summed E-state index contributed by atoms with van der Waals surface area (Å²) in [6.45, 7) is 7.07. The van der Waals surface area contributed by atoms with Crippen LogP contribution in [0.2, 0.25) is 18.6 Å². The first-order valence-electron chi connectivity index (χ1n) is 9.17. The fraction of sp³-hybridized carbons (Fsp3) is 0.650. The second kappa shape index (κ2) is 6.52. The molecule has 2 fully saturated rings. The van der Waals surface area contributed by atoms with Crippen LogP contribution in [0.5, 0.6) is 0 Å². The molecule has 2 nitrogen and oxygen atoms in total. The summed E-state index contributed by atoms with van der Waals surface area (Å²) in [7, 11) is -1.75. The van der Waals surface area contributed by atoms with Crippen molar-refractivity contribution in [2.75, 3.05) is 0 Å². The zero-order valence-electron chi connectivity index (χ0n) is 14.7. The number of hydrogen-bond acceptors (Lipinski definition) is 2. The lowest BCUT2D eigenvalue weighted by Crippen LogP contribution is -2.54. The molecule has 0 aromatic heterocycles. The lowest BCUT2D eigenvalue weighted by atomic mass is 9.73. The van der Waals surface area contributed by atoms with Crippen LogP contribution in [0.4, 0.5) is 0 Å². The second-order valence-corrected chi connectivity index (χ2v) is 13.2. The predicted octanol–water partition coefficient (Wildman–Crippen LogP) is 3.75. The fourth-order valence-electron chi connectivity index (χ4n) is 5.12. The molecule has 2 saturated carbocycles. The quantitative estimate of drug-likeness (QED) is 0.857. The molecule has 0 unspecified atom stereocenters. The van der Waals surface area contributed by atoms with Crippen LogP contribution >= 0.6 is 0 Å². The van der Waals surface area contributed by atoms with Crippen molar-refractivity contribution in [3.63, 3.8) is 0 Å². The van der Waals surface area contributed by atoms with Gasteiger partial charge >= 0.3 is 0 Å². The molecule has 0 bridgehead atoms. The molecule has 126 valence electrons. The Morgan fingerprint density at radius 1 is 1.13 bits per heavy atom. The van der Waals surface area contributed by atoms with Crippen LogP contribution in [0.3, 0.4) is 0 Å². The summed E-state index contributed by atoms with van der Waals surface area (Å²) in [6, 6.07) is 10.8. The van der Waals surface area contributed by atoms with Gasteiger partial charge in [0.1, 0.15) is 5.78 Å². The molecule has 1 aromatic rings. The number of hydrogen-bond donors (Lipinski definition) is 1. The molecule has 0 aliphatic heterocycles. The van der Waals surface area contributed by atoms with Gasteiger partial charge in [-0.3, -0.25) is 4.79 Å². The molecule has 23 heavy (non-hydrogen) atoms. The van der Waals surface area contributed by atoms with Gasteiger partial charge in [0, 0.05) is 12.3 Å². The smallest absolute Gasteiger partial charge is 0.136 e. The van der Waals surface area contributed by atoms with Crippen LogP contribution in [-0.4, -0.2) is 25.1 Å². The van der Waals surface area contributed by atoms with Gasteiger partial charge in [0.25, 0.3) is 0 Å². The van der Waals surface area contributed by atoms with Crippen LogP contribution in [0.25, 0.3) is 0 Å². The topological polar surface area (TPSA) is 37.3 Å². The Morgan fingerprint density at radius 3 is 2.43 bits per heavy atom. The maximum absolute atomic E-state index is 12.9. The van der Waals surface area contributed by atoms with Crippen molar-refractivity contribution in [1.82, 2.24) is 0 Å². The Bertz CT molecular complexity index is 554. The molecule has 2 aliphatic carbocycles. The molecule has 1 N–H and O–H groups in total. The number of benzene rings is 1. The van der Waals surface area contributed by atoms with E-state index < -0.39 is 8.07 Å². The van der Waals surface area contributed by atoms with E-state index in [4.69, 9.17) is 0 Å². The van der Waals surface area contributed by atoms with Crippen molar-refractivity contribution in [2.24, 2.45) is 17.8 Å². The van der Waals surface area contributed by atoms with Crippen molar-refractivity contribution in [3.05, 3.63) is 30.3 Å². The lowest BCUT2D eigenvalue weighted by molar-refractivity contribution is -0.129. The summed E-state index contributed by atoms with van der Waals surface area (Å²) in [5, 5.41) is 11.9. The summed E-state index contributed by atoms with van der Waals surface area (Å²) in [5.74, 6) is 1.20. The SMILES string of the molecule is C[C@H]1CC(=O)[C@H]([C@@H]2CCC[C@H]2O)[C@H]([Si](C)(C)c2ccccc2)C1. The molecular formula is C20H30O2Si. The van der Waals surface area contributed by atoms with E-state index in [9.17, 15) is 9.90 Å². The van der Waals surface area contributed by atoms with Gasteiger partial charge in [-0.25, -0.2) is 0 Å². The molecule has 5 atom stereocenters. The largest absolute Gasteiger partial charge is 0.393 e. The van der Waals surface area contributed by atoms with Crippen LogP contribution in [0, 0.1) is 17.8 Å². The van der Waals surface area contributed by atoms with Gasteiger partial charge in [-0.15, -0.1) is 0 Å². The van der Waals surface area contributed by atoms with Crippen molar-refractivity contribution < 1.29 is 9.90 Å². The van der Waals surface area contributed by atoms with E-state index >= 15 is 0 Å². The summed E-state index contributed by atoms with van der Waals surface area (Å²) >= 11 is 0. The highest BCUT2D eigenvalue weighted by molar-refractivity contribution is 6.91. The first-order valence-corrected chi connectivity index (χ1v) is 12.2. The van der Waals surface area contributed by atoms with Crippen molar-refractivity contribution >= 4 is 19.0 Å². The Morgan fingerprint density at radius 2 is 1.83 bits per heavy atom. The first-order chi connectivity index (χ1) is 10.9. The maximum Gasteiger partial charge on any atom is 0.136 e. The minimum atomic E-state index is -1.75. The van der Waals surface area contributed by atoms with Gasteiger partial charge in [0.2, 0.25) is 0 Å². The Kier molecular flexibility index (Phi) is 4.79. The van der Waals surface area contributed by atoms with Gasteiger partial charge in [0.15, 0.2) is 0 Å². The fourth-order valence-corrected chi connectivity index (χ4v) is 8.92. The highest BCUT2D eigenvalue weighted by Gasteiger charge is 2.50. The highest BCUT2D eigenvalue weighted by atomic mass is 28.3. The molecular weight excluding hydrogens is 300 g/mol. The second-order valence-electron chi connectivity index (χ2n) is 8.39. The van der Waals surface area contributed by atoms with E-state index in [-0.39, 0.29) is 17.9 Å². The molecule has 3 rings (SSSR count). The Labute approximate surface area is 141 Å². The van der Waals surface area contributed by atoms with E-state index in [1.54, 1.807) is 0 Å². The minimum Gasteiger partial charge on any atom is -0.393 e. The van der Waals surface area contributed by atoms with Crippen molar-refractivity contribution in [3.8, 4) is 0 Å². The van der Waals surface area contributed by atoms with Gasteiger partial charge in [-0.1, -0.05) is 62.0 Å². The molecule has 1 aromatic carbocycles. The normalized spacial score (nSPS) is 35.5. The first kappa shape index (κ1) is 16.9. The average molecular weight is 331 g/mol. The third-order valence-corrected chi connectivity index (χ3v) is 10.7. The highest BCUT2D eigenvalue weighted by Crippen LogP contribution is 2.49. The van der Waals surface area contributed by atoms with Crippen molar-refractivity contribution in [2.45, 2.75) is 63.8 Å². The third-order valence-electron chi connectivity index (χ3n) is 6.45.